The number of methoxy groups -OCH3 is 1. The van der Waals surface area contributed by atoms with Crippen molar-refractivity contribution in [2.75, 3.05) is 25.5 Å². The number of para-hydroxylation sites is 1. The second-order valence-corrected chi connectivity index (χ2v) is 5.86. The minimum atomic E-state index is -0.403. The Hall–Kier alpha value is -2.04. The van der Waals surface area contributed by atoms with E-state index in [1.165, 1.54) is 26.4 Å². The second kappa shape index (κ2) is 8.56. The molecule has 0 aromatic heterocycles. The fourth-order valence-electron chi connectivity index (χ4n) is 3.23. The van der Waals surface area contributed by atoms with E-state index in [9.17, 15) is 9.59 Å². The molecule has 1 aromatic carbocycles. The van der Waals surface area contributed by atoms with Gasteiger partial charge < -0.3 is 15.0 Å². The molecule has 1 amide bonds. The minimum Gasteiger partial charge on any atom is -0.465 e. The first-order valence-electron chi connectivity index (χ1n) is 8.38. The molecule has 23 heavy (non-hydrogen) atoms. The number of benzene rings is 1. The Morgan fingerprint density at radius 2 is 1.91 bits per heavy atom. The van der Waals surface area contributed by atoms with E-state index in [1.54, 1.807) is 18.2 Å². The maximum atomic E-state index is 12.5. The van der Waals surface area contributed by atoms with Gasteiger partial charge in [-0.25, -0.2) is 4.79 Å². The highest BCUT2D eigenvalue weighted by atomic mass is 16.5. The highest BCUT2D eigenvalue weighted by Crippen LogP contribution is 2.23. The molecule has 0 radical (unpaired) electrons. The van der Waals surface area contributed by atoms with Gasteiger partial charge in [0.25, 0.3) is 0 Å². The van der Waals surface area contributed by atoms with Gasteiger partial charge in [-0.3, -0.25) is 4.79 Å². The first-order valence-corrected chi connectivity index (χ1v) is 8.38. The maximum absolute atomic E-state index is 12.5. The number of likely N-dealkylation sites (N-methyl/N-ethyl adjacent to an activating group) is 1. The van der Waals surface area contributed by atoms with Crippen molar-refractivity contribution in [1.82, 2.24) is 4.90 Å². The van der Waals surface area contributed by atoms with E-state index in [4.69, 9.17) is 4.74 Å². The smallest absolute Gasteiger partial charge is 0.339 e. The van der Waals surface area contributed by atoms with Crippen molar-refractivity contribution < 1.29 is 14.3 Å². The largest absolute Gasteiger partial charge is 0.465 e. The summed E-state index contributed by atoms with van der Waals surface area (Å²) in [6, 6.07) is 7.45. The van der Waals surface area contributed by atoms with Gasteiger partial charge in [0.15, 0.2) is 0 Å². The zero-order valence-electron chi connectivity index (χ0n) is 14.0. The van der Waals surface area contributed by atoms with Crippen molar-refractivity contribution in [3.63, 3.8) is 0 Å². The summed E-state index contributed by atoms with van der Waals surface area (Å²) in [6.07, 6.45) is 5.86. The van der Waals surface area contributed by atoms with E-state index in [2.05, 4.69) is 5.32 Å². The summed E-state index contributed by atoms with van der Waals surface area (Å²) in [5.41, 5.74) is 1.08. The van der Waals surface area contributed by atoms with Crippen LogP contribution in [0.2, 0.25) is 0 Å². The molecule has 0 aliphatic heterocycles. The van der Waals surface area contributed by atoms with Crippen molar-refractivity contribution in [3.05, 3.63) is 29.8 Å². The molecule has 126 valence electrons. The number of hydrogen-bond donors (Lipinski definition) is 1. The number of anilines is 1. The molecule has 5 heteroatoms. The van der Waals surface area contributed by atoms with Gasteiger partial charge in [0, 0.05) is 18.3 Å². The Labute approximate surface area is 138 Å². The molecule has 2 rings (SSSR count). The Morgan fingerprint density at radius 1 is 1.22 bits per heavy atom. The lowest BCUT2D eigenvalue weighted by Gasteiger charge is -2.33. The molecule has 1 saturated carbocycles. The summed E-state index contributed by atoms with van der Waals surface area (Å²) in [4.78, 5) is 26.3. The van der Waals surface area contributed by atoms with Crippen LogP contribution in [0.15, 0.2) is 24.3 Å². The summed E-state index contributed by atoms with van der Waals surface area (Å²) >= 11 is 0. The van der Waals surface area contributed by atoms with Crippen LogP contribution in [-0.2, 0) is 9.53 Å². The summed E-state index contributed by atoms with van der Waals surface area (Å²) in [6.45, 7) is 2.94. The zero-order chi connectivity index (χ0) is 16.7. The van der Waals surface area contributed by atoms with Gasteiger partial charge in [0.2, 0.25) is 5.91 Å². The zero-order valence-corrected chi connectivity index (χ0v) is 14.0. The van der Waals surface area contributed by atoms with E-state index in [0.717, 1.165) is 19.4 Å². The van der Waals surface area contributed by atoms with E-state index < -0.39 is 5.97 Å². The topological polar surface area (TPSA) is 58.6 Å². The van der Waals surface area contributed by atoms with Gasteiger partial charge in [-0.2, -0.15) is 0 Å². The Bertz CT molecular complexity index is 539. The molecule has 0 atom stereocenters. The minimum absolute atomic E-state index is 0.0825. The number of ether oxygens (including phenoxy) is 1. The van der Waals surface area contributed by atoms with Crippen LogP contribution in [0.4, 0.5) is 5.69 Å². The number of carbonyl (C=O) groups excluding carboxylic acids is 2. The Kier molecular flexibility index (Phi) is 6.44. The third-order valence-electron chi connectivity index (χ3n) is 4.44. The number of rotatable bonds is 6. The lowest BCUT2D eigenvalue weighted by atomic mass is 9.94. The van der Waals surface area contributed by atoms with Crippen molar-refractivity contribution in [2.24, 2.45) is 0 Å². The van der Waals surface area contributed by atoms with Gasteiger partial charge >= 0.3 is 5.97 Å². The van der Waals surface area contributed by atoms with Crippen LogP contribution in [-0.4, -0.2) is 43.0 Å². The molecule has 1 N–H and O–H groups in total. The van der Waals surface area contributed by atoms with Crippen LogP contribution >= 0.6 is 0 Å². The molecule has 0 spiro atoms. The van der Waals surface area contributed by atoms with E-state index >= 15 is 0 Å². The van der Waals surface area contributed by atoms with Gasteiger partial charge in [0.1, 0.15) is 0 Å². The lowest BCUT2D eigenvalue weighted by molar-refractivity contribution is -0.132. The lowest BCUT2D eigenvalue weighted by Crippen LogP contribution is -2.44. The molecule has 1 aliphatic carbocycles. The number of nitrogens with one attached hydrogen (secondary N) is 1. The molecule has 0 unspecified atom stereocenters. The summed E-state index contributed by atoms with van der Waals surface area (Å²) in [7, 11) is 1.35. The predicted molar refractivity (Wildman–Crippen MR) is 90.5 cm³/mol. The molecule has 5 nitrogen and oxygen atoms in total. The summed E-state index contributed by atoms with van der Waals surface area (Å²) in [5.74, 6) is -0.320. The normalized spacial score (nSPS) is 15.0. The first-order chi connectivity index (χ1) is 11.2. The molecule has 0 bridgehead atoms. The van der Waals surface area contributed by atoms with Crippen LogP contribution in [0, 0.1) is 0 Å². The third-order valence-corrected chi connectivity index (χ3v) is 4.44. The van der Waals surface area contributed by atoms with Crippen LogP contribution < -0.4 is 5.32 Å². The number of esters is 1. The van der Waals surface area contributed by atoms with Crippen molar-refractivity contribution in [2.45, 2.75) is 45.1 Å². The molecule has 1 aliphatic rings. The fraction of sp³-hybridized carbons (Fsp3) is 0.556. The highest BCUT2D eigenvalue weighted by molar-refractivity contribution is 5.96. The molecule has 0 saturated heterocycles. The van der Waals surface area contributed by atoms with Gasteiger partial charge in [-0.1, -0.05) is 31.4 Å². The monoisotopic (exact) mass is 318 g/mol. The van der Waals surface area contributed by atoms with E-state index in [-0.39, 0.29) is 12.5 Å². The Balaban J connectivity index is 1.99. The van der Waals surface area contributed by atoms with Gasteiger partial charge in [-0.15, -0.1) is 0 Å². The second-order valence-electron chi connectivity index (χ2n) is 5.86. The number of hydrogen-bond acceptors (Lipinski definition) is 4. The quantitative estimate of drug-likeness (QED) is 0.819. The van der Waals surface area contributed by atoms with Crippen molar-refractivity contribution in [1.29, 1.82) is 0 Å². The molecular weight excluding hydrogens is 292 g/mol. The fourth-order valence-corrected chi connectivity index (χ4v) is 3.23. The van der Waals surface area contributed by atoms with Crippen LogP contribution in [0.25, 0.3) is 0 Å². The van der Waals surface area contributed by atoms with Crippen LogP contribution in [0.1, 0.15) is 49.4 Å². The standard InChI is InChI=1S/C18H26N2O3/c1-3-20(14-9-5-4-6-10-14)17(21)13-19-16-12-8-7-11-15(16)18(22)23-2/h7-8,11-12,14,19H,3-6,9-10,13H2,1-2H3. The Morgan fingerprint density at radius 3 is 2.57 bits per heavy atom. The first kappa shape index (κ1) is 17.3. The highest BCUT2D eigenvalue weighted by Gasteiger charge is 2.24. The summed E-state index contributed by atoms with van der Waals surface area (Å²) in [5, 5.41) is 3.09. The van der Waals surface area contributed by atoms with Gasteiger partial charge in [0.05, 0.1) is 19.2 Å². The average molecular weight is 318 g/mol. The average Bonchev–Trinajstić information content (AvgIpc) is 2.61. The van der Waals surface area contributed by atoms with E-state index in [0.29, 0.717) is 17.3 Å². The molecule has 0 heterocycles. The summed E-state index contributed by atoms with van der Waals surface area (Å²) < 4.78 is 4.77. The number of carbonyl (C=O) groups is 2. The third kappa shape index (κ3) is 4.47. The van der Waals surface area contributed by atoms with Gasteiger partial charge in [-0.05, 0) is 31.9 Å². The molecule has 1 aromatic rings. The molecular formula is C18H26N2O3. The van der Waals surface area contributed by atoms with Crippen molar-refractivity contribution in [3.8, 4) is 0 Å². The van der Waals surface area contributed by atoms with Crippen LogP contribution in [0.5, 0.6) is 0 Å². The predicted octanol–water partition coefficient (Wildman–Crippen LogP) is 3.07. The molecule has 1 fully saturated rings. The van der Waals surface area contributed by atoms with E-state index in [1.807, 2.05) is 17.9 Å². The van der Waals surface area contributed by atoms with Crippen molar-refractivity contribution >= 4 is 17.6 Å². The van der Waals surface area contributed by atoms with Crippen LogP contribution in [0.3, 0.4) is 0 Å². The number of nitrogens with zero attached hydrogens (tertiary/aromatic N) is 1. The SMILES string of the molecule is CCN(C(=O)CNc1ccccc1C(=O)OC)C1CCCCC1. The maximum Gasteiger partial charge on any atom is 0.339 e. The number of amides is 1.